The van der Waals surface area contributed by atoms with E-state index in [1.165, 1.54) is 23.5 Å². The molecule has 0 saturated carbocycles. The first-order valence-electron chi connectivity index (χ1n) is 9.38. The van der Waals surface area contributed by atoms with Crippen LogP contribution in [0.5, 0.6) is 0 Å². The Morgan fingerprint density at radius 2 is 1.94 bits per heavy atom. The zero-order valence-electron chi connectivity index (χ0n) is 17.0. The Morgan fingerprint density at radius 3 is 2.68 bits per heavy atom. The van der Waals surface area contributed by atoms with Gasteiger partial charge >= 0.3 is 7.82 Å². The largest absolute Gasteiger partial charge is 0.469 e. The quantitative estimate of drug-likeness (QED) is 0.133. The van der Waals surface area contributed by atoms with E-state index in [9.17, 15) is 19.6 Å². The van der Waals surface area contributed by atoms with Gasteiger partial charge in [-0.3, -0.25) is 18.9 Å². The fraction of sp³-hybridized carbons (Fsp3) is 0.333. The third-order valence-corrected chi connectivity index (χ3v) is 5.21. The molecular weight excluding hydrogens is 479 g/mol. The lowest BCUT2D eigenvalue weighted by molar-refractivity contribution is -0.0504. The molecular formula is C15H19N10O8P. The zero-order valence-corrected chi connectivity index (χ0v) is 17.9. The molecule has 4 aromatic rings. The van der Waals surface area contributed by atoms with Crippen LogP contribution in [0.2, 0.25) is 0 Å². The number of anilines is 2. The van der Waals surface area contributed by atoms with Crippen molar-refractivity contribution in [2.24, 2.45) is 0 Å². The number of hydrogen-bond donors (Lipinski definition) is 8. The monoisotopic (exact) mass is 498 g/mol. The molecule has 0 amide bonds. The number of phosphoric acid groups is 1. The number of aliphatic hydroxyl groups excluding tert-OH is 2. The molecule has 182 valence electrons. The third kappa shape index (κ3) is 4.73. The highest BCUT2D eigenvalue weighted by Gasteiger charge is 2.45. The lowest BCUT2D eigenvalue weighted by atomic mass is 10.1. The maximum absolute atomic E-state index is 11.0. The minimum Gasteiger partial charge on any atom is -0.387 e. The van der Waals surface area contributed by atoms with Crippen LogP contribution in [-0.2, 0) is 13.8 Å². The van der Waals surface area contributed by atoms with E-state index < -0.39 is 39.0 Å². The second kappa shape index (κ2) is 9.03. The average molecular weight is 498 g/mol. The summed E-state index contributed by atoms with van der Waals surface area (Å²) in [4.78, 5) is 52.7. The Hall–Kier alpha value is -3.51. The van der Waals surface area contributed by atoms with Crippen molar-refractivity contribution < 1.29 is 33.8 Å². The molecule has 0 unspecified atom stereocenters. The standard InChI is InChI=1S/C10H14N5O7P.C5H5N5O/c11-8-5-9(13-2-12-8)15(3-14-5)10-7(17)6(16)4(22-10)1-21-23(18,19)20;6-5-9-3-2(4(11)10-5)7-1-8-3/h2-4,6-7,10,16-17H,1H2,(H2,11,12,13)(H2,18,19,20);1H,(H4,6,7,8,9,10,11)/t4-,6-,7-,10-;/m1./s1. The number of H-pyrrole nitrogens is 2. The molecule has 0 bridgehead atoms. The molecule has 0 aliphatic carbocycles. The first kappa shape index (κ1) is 23.6. The van der Waals surface area contributed by atoms with E-state index in [1.807, 2.05) is 0 Å². The van der Waals surface area contributed by atoms with Gasteiger partial charge in [-0.25, -0.2) is 24.5 Å². The van der Waals surface area contributed by atoms with Gasteiger partial charge in [-0.1, -0.05) is 0 Å². The molecule has 1 aliphatic rings. The van der Waals surface area contributed by atoms with E-state index in [1.54, 1.807) is 0 Å². The number of fused-ring (bicyclic) bond motifs is 2. The van der Waals surface area contributed by atoms with Crippen LogP contribution in [0.4, 0.5) is 11.8 Å². The van der Waals surface area contributed by atoms with E-state index in [4.69, 9.17) is 26.0 Å². The average Bonchev–Trinajstić information content (AvgIpc) is 3.46. The number of nitrogens with one attached hydrogen (secondary N) is 2. The summed E-state index contributed by atoms with van der Waals surface area (Å²) in [7, 11) is -4.72. The molecule has 18 nitrogen and oxygen atoms in total. The summed E-state index contributed by atoms with van der Waals surface area (Å²) in [6.45, 7) is -0.594. The number of nitrogens with zero attached hydrogens (tertiary/aromatic N) is 6. The molecule has 4 aromatic heterocycles. The van der Waals surface area contributed by atoms with Gasteiger partial charge in [0.25, 0.3) is 5.56 Å². The maximum Gasteiger partial charge on any atom is 0.469 e. The summed E-state index contributed by atoms with van der Waals surface area (Å²) < 4.78 is 21.8. The molecule has 34 heavy (non-hydrogen) atoms. The Morgan fingerprint density at radius 1 is 1.18 bits per heavy atom. The number of aromatic amines is 2. The first-order chi connectivity index (χ1) is 16.0. The van der Waals surface area contributed by atoms with Crippen molar-refractivity contribution in [3.05, 3.63) is 29.3 Å². The summed E-state index contributed by atoms with van der Waals surface area (Å²) in [5.74, 6) is 0.220. The van der Waals surface area contributed by atoms with Crippen molar-refractivity contribution in [1.82, 2.24) is 39.5 Å². The second-order valence-electron chi connectivity index (χ2n) is 6.97. The van der Waals surface area contributed by atoms with Gasteiger partial charge in [0.1, 0.15) is 30.2 Å². The molecule has 0 aromatic carbocycles. The van der Waals surface area contributed by atoms with Gasteiger partial charge in [0.2, 0.25) is 5.95 Å². The van der Waals surface area contributed by atoms with Gasteiger partial charge in [0.05, 0.1) is 19.3 Å². The fourth-order valence-electron chi connectivity index (χ4n) is 3.18. The van der Waals surface area contributed by atoms with Gasteiger partial charge in [-0.05, 0) is 0 Å². The molecule has 1 fully saturated rings. The lowest BCUT2D eigenvalue weighted by Crippen LogP contribution is -2.33. The molecule has 0 spiro atoms. The van der Waals surface area contributed by atoms with E-state index in [2.05, 4.69) is 39.4 Å². The van der Waals surface area contributed by atoms with E-state index in [0.29, 0.717) is 16.7 Å². The smallest absolute Gasteiger partial charge is 0.387 e. The summed E-state index contributed by atoms with van der Waals surface area (Å²) in [6, 6.07) is 0. The highest BCUT2D eigenvalue weighted by atomic mass is 31.2. The van der Waals surface area contributed by atoms with Crippen LogP contribution < -0.4 is 17.0 Å². The molecule has 5 rings (SSSR count). The lowest BCUT2D eigenvalue weighted by Gasteiger charge is -2.16. The SMILES string of the molecule is Nc1nc2nc[nH]c2c(=O)[nH]1.Nc1ncnc2c1ncn2[C@@H]1O[C@H](COP(=O)(O)O)[C@@H](O)[C@H]1O. The van der Waals surface area contributed by atoms with Crippen molar-refractivity contribution in [3.8, 4) is 0 Å². The minimum atomic E-state index is -4.72. The number of phosphoric ester groups is 1. The zero-order chi connectivity index (χ0) is 24.6. The van der Waals surface area contributed by atoms with Crippen molar-refractivity contribution in [1.29, 1.82) is 0 Å². The Labute approximate surface area is 187 Å². The van der Waals surface area contributed by atoms with Crippen LogP contribution in [0.25, 0.3) is 22.3 Å². The normalized spacial score (nSPS) is 22.7. The first-order valence-corrected chi connectivity index (χ1v) is 10.9. The van der Waals surface area contributed by atoms with Crippen LogP contribution >= 0.6 is 7.82 Å². The number of ether oxygens (including phenoxy) is 1. The molecule has 10 N–H and O–H groups in total. The molecule has 4 atom stereocenters. The fourth-order valence-corrected chi connectivity index (χ4v) is 3.52. The van der Waals surface area contributed by atoms with Crippen molar-refractivity contribution >= 4 is 41.9 Å². The van der Waals surface area contributed by atoms with Crippen LogP contribution in [0.1, 0.15) is 6.23 Å². The van der Waals surface area contributed by atoms with Crippen molar-refractivity contribution in [2.45, 2.75) is 24.5 Å². The predicted octanol–water partition coefficient (Wildman–Crippen LogP) is -2.63. The van der Waals surface area contributed by atoms with E-state index >= 15 is 0 Å². The maximum atomic E-state index is 11.0. The van der Waals surface area contributed by atoms with Gasteiger partial charge in [0, 0.05) is 0 Å². The summed E-state index contributed by atoms with van der Waals surface area (Å²) in [6.07, 6.45) is -1.09. The predicted molar refractivity (Wildman–Crippen MR) is 113 cm³/mol. The van der Waals surface area contributed by atoms with Gasteiger partial charge in [0.15, 0.2) is 28.9 Å². The van der Waals surface area contributed by atoms with Crippen LogP contribution in [-0.4, -0.2) is 84.4 Å². The molecule has 1 saturated heterocycles. The topological polar surface area (TPSA) is 287 Å². The minimum absolute atomic E-state index is 0.0783. The Kier molecular flexibility index (Phi) is 6.28. The molecule has 0 radical (unpaired) electrons. The van der Waals surface area contributed by atoms with Crippen molar-refractivity contribution in [3.63, 3.8) is 0 Å². The number of nitrogen functional groups attached to an aromatic ring is 2. The number of aliphatic hydroxyl groups is 2. The van der Waals surface area contributed by atoms with Crippen LogP contribution in [0.3, 0.4) is 0 Å². The van der Waals surface area contributed by atoms with E-state index in [-0.39, 0.29) is 23.0 Å². The van der Waals surface area contributed by atoms with Crippen LogP contribution in [0.15, 0.2) is 23.8 Å². The Bertz CT molecular complexity index is 1420. The number of imidazole rings is 2. The van der Waals surface area contributed by atoms with Crippen LogP contribution in [0, 0.1) is 0 Å². The number of hydrogen-bond acceptors (Lipinski definition) is 13. The molecule has 5 heterocycles. The number of nitrogens with two attached hydrogens (primary N) is 2. The molecule has 19 heteroatoms. The van der Waals surface area contributed by atoms with Gasteiger partial charge in [-0.15, -0.1) is 0 Å². The van der Waals surface area contributed by atoms with Crippen molar-refractivity contribution in [2.75, 3.05) is 18.1 Å². The number of aromatic nitrogens is 8. The molecule has 1 aliphatic heterocycles. The Balaban J connectivity index is 0.000000207. The van der Waals surface area contributed by atoms with Gasteiger partial charge in [-0.2, -0.15) is 4.98 Å². The highest BCUT2D eigenvalue weighted by molar-refractivity contribution is 7.46. The third-order valence-electron chi connectivity index (χ3n) is 4.72. The highest BCUT2D eigenvalue weighted by Crippen LogP contribution is 2.38. The summed E-state index contributed by atoms with van der Waals surface area (Å²) in [5.41, 5.74) is 11.9. The number of rotatable bonds is 4. The summed E-state index contributed by atoms with van der Waals surface area (Å²) in [5, 5.41) is 20.1. The van der Waals surface area contributed by atoms with Gasteiger partial charge < -0.3 is 41.2 Å². The second-order valence-corrected chi connectivity index (χ2v) is 8.21. The summed E-state index contributed by atoms with van der Waals surface area (Å²) >= 11 is 0. The van der Waals surface area contributed by atoms with E-state index in [0.717, 1.165) is 0 Å².